The first-order valence-electron chi connectivity index (χ1n) is 18.9. The Morgan fingerprint density at radius 2 is 1.24 bits per heavy atom. The summed E-state index contributed by atoms with van der Waals surface area (Å²) in [4.78, 5) is 10.8. The molecule has 55 heavy (non-hydrogen) atoms. The fourth-order valence-electron chi connectivity index (χ4n) is 8.52. The number of nitrogens with zero attached hydrogens (tertiary/aromatic N) is 3. The van der Waals surface area contributed by atoms with Crippen molar-refractivity contribution in [3.8, 4) is 11.1 Å². The van der Waals surface area contributed by atoms with Gasteiger partial charge in [-0.25, -0.2) is 9.98 Å². The van der Waals surface area contributed by atoms with Gasteiger partial charge in [0.1, 0.15) is 11.2 Å². The van der Waals surface area contributed by atoms with Crippen LogP contribution in [-0.4, -0.2) is 24.0 Å². The molecule has 4 heteroatoms. The Hall–Kier alpha value is -7.13. The van der Waals surface area contributed by atoms with E-state index in [0.717, 1.165) is 74.0 Å². The minimum absolute atomic E-state index is 0.704. The van der Waals surface area contributed by atoms with Crippen molar-refractivity contribution in [1.29, 1.82) is 0 Å². The van der Waals surface area contributed by atoms with E-state index >= 15 is 0 Å². The molecule has 11 rings (SSSR count). The zero-order valence-corrected chi connectivity index (χ0v) is 30.3. The fraction of sp³-hybridized carbons (Fsp3) is 0.0588. The molecule has 2 aliphatic rings. The summed E-state index contributed by atoms with van der Waals surface area (Å²) in [5.41, 5.74) is 12.8. The van der Waals surface area contributed by atoms with Gasteiger partial charge in [-0.2, -0.15) is 0 Å². The van der Waals surface area contributed by atoms with Crippen LogP contribution in [0.5, 0.6) is 0 Å². The van der Waals surface area contributed by atoms with E-state index in [9.17, 15) is 0 Å². The van der Waals surface area contributed by atoms with Gasteiger partial charge < -0.3 is 4.42 Å². The topological polar surface area (TPSA) is 52.0 Å². The number of allylic oxidation sites excluding steroid dienone is 1. The molecule has 0 bridgehead atoms. The molecule has 0 saturated carbocycles. The Balaban J connectivity index is 1.07. The number of benzene rings is 8. The third kappa shape index (κ3) is 5.19. The highest BCUT2D eigenvalue weighted by Gasteiger charge is 2.21. The van der Waals surface area contributed by atoms with Crippen LogP contribution in [0.1, 0.15) is 47.6 Å². The van der Waals surface area contributed by atoms with Crippen LogP contribution >= 0.6 is 0 Å². The van der Waals surface area contributed by atoms with Crippen molar-refractivity contribution < 1.29 is 4.42 Å². The van der Waals surface area contributed by atoms with Crippen molar-refractivity contribution in [3.63, 3.8) is 0 Å². The van der Waals surface area contributed by atoms with E-state index in [4.69, 9.17) is 14.4 Å². The maximum Gasteiger partial charge on any atom is 0.301 e. The van der Waals surface area contributed by atoms with E-state index in [-0.39, 0.29) is 0 Å². The molecule has 1 aromatic heterocycles. The predicted octanol–water partition coefficient (Wildman–Crippen LogP) is 12.1. The van der Waals surface area contributed by atoms with E-state index in [1.807, 2.05) is 12.4 Å². The van der Waals surface area contributed by atoms with Gasteiger partial charge in [0.25, 0.3) is 0 Å². The van der Waals surface area contributed by atoms with Gasteiger partial charge in [-0.1, -0.05) is 120 Å². The molecule has 0 fully saturated rings. The normalized spacial score (nSPS) is 17.4. The molecule has 0 amide bonds. The van der Waals surface area contributed by atoms with Gasteiger partial charge in [-0.3, -0.25) is 0 Å². The van der Waals surface area contributed by atoms with Crippen LogP contribution in [-0.2, 0) is 0 Å². The highest BCUT2D eigenvalue weighted by atomic mass is 16.3. The van der Waals surface area contributed by atoms with Crippen molar-refractivity contribution in [2.24, 2.45) is 9.98 Å². The van der Waals surface area contributed by atoms with Crippen LogP contribution < -0.4 is 4.67 Å². The number of amidine groups is 1. The number of hydrogen-bond donors (Lipinski definition) is 0. The van der Waals surface area contributed by atoms with E-state index in [1.54, 1.807) is 0 Å². The number of fused-ring (bicyclic) bond motifs is 10. The third-order valence-corrected chi connectivity index (χ3v) is 11.3. The first-order chi connectivity index (χ1) is 27.2. The lowest BCUT2D eigenvalue weighted by Crippen LogP contribution is -2.10. The van der Waals surface area contributed by atoms with Crippen molar-refractivity contribution in [2.75, 3.05) is 0 Å². The minimum Gasteiger partial charge on any atom is -0.456 e. The monoisotopic (exact) mass is 704 g/mol. The number of aliphatic imine (C=N–C) groups is 2. The van der Waals surface area contributed by atoms with Gasteiger partial charge in [-0.15, -0.1) is 0 Å². The quantitative estimate of drug-likeness (QED) is 0.133. The molecule has 0 spiro atoms. The Bertz CT molecular complexity index is 3230. The average molecular weight is 705 g/mol. The molecule has 0 N–H and O–H groups in total. The SMILES string of the molecule is C\C1=C(c2ccc3oc4ccc5ccccc5c4c3c2)/N=C(c2ccc(-c3cc4ccccc4c4c5c(ccc34)C=[N+]=C5)cc2)\N=C(\c2ccccc2)CC1. The number of hydrogen-bond acceptors (Lipinski definition) is 3. The summed E-state index contributed by atoms with van der Waals surface area (Å²) in [5.74, 6) is 0.704. The third-order valence-electron chi connectivity index (χ3n) is 11.3. The van der Waals surface area contributed by atoms with Gasteiger partial charge in [0.15, 0.2) is 5.84 Å². The maximum absolute atomic E-state index is 6.37. The van der Waals surface area contributed by atoms with Crippen molar-refractivity contribution in [2.45, 2.75) is 19.8 Å². The van der Waals surface area contributed by atoms with Crippen LogP contribution in [0.4, 0.5) is 0 Å². The molecule has 258 valence electrons. The van der Waals surface area contributed by atoms with Gasteiger partial charge in [0, 0.05) is 27.3 Å². The Morgan fingerprint density at radius 1 is 0.509 bits per heavy atom. The molecular formula is C51H34N3O+. The summed E-state index contributed by atoms with van der Waals surface area (Å²) in [6.45, 7) is 2.21. The molecule has 8 aromatic carbocycles. The van der Waals surface area contributed by atoms with E-state index in [2.05, 4.69) is 163 Å². The molecule has 2 aliphatic heterocycles. The number of rotatable bonds is 4. The summed E-state index contributed by atoms with van der Waals surface area (Å²) in [5, 5.41) is 9.54. The van der Waals surface area contributed by atoms with E-state index in [0.29, 0.717) is 5.84 Å². The largest absolute Gasteiger partial charge is 0.456 e. The van der Waals surface area contributed by atoms with Crippen LogP contribution in [0.3, 0.4) is 0 Å². The Labute approximate surface area is 317 Å². The van der Waals surface area contributed by atoms with Crippen LogP contribution in [0.2, 0.25) is 0 Å². The molecule has 9 aromatic rings. The Kier molecular flexibility index (Phi) is 7.13. The summed E-state index contributed by atoms with van der Waals surface area (Å²) in [6.07, 6.45) is 5.61. The second kappa shape index (κ2) is 12.5. The molecule has 0 atom stereocenters. The smallest absolute Gasteiger partial charge is 0.301 e. The first-order valence-corrected chi connectivity index (χ1v) is 18.9. The molecule has 0 saturated heterocycles. The minimum atomic E-state index is 0.704. The van der Waals surface area contributed by atoms with Gasteiger partial charge in [-0.05, 0) is 105 Å². The second-order valence-corrected chi connectivity index (χ2v) is 14.6. The Morgan fingerprint density at radius 3 is 2.09 bits per heavy atom. The van der Waals surface area contributed by atoms with Crippen molar-refractivity contribution in [3.05, 3.63) is 185 Å². The molecule has 3 heterocycles. The summed E-state index contributed by atoms with van der Waals surface area (Å²) < 4.78 is 10.9. The zero-order valence-electron chi connectivity index (χ0n) is 30.3. The summed E-state index contributed by atoms with van der Waals surface area (Å²) in [7, 11) is 0. The standard InChI is InChI=1S/C51H34N3O/c1-31-15-24-45(34-10-3-2-4-11-34)53-51(54-50(31)37-22-25-46-43(28-37)49-39-13-7-5-9-32(39)21-26-47(49)55-46)35-18-16-33(17-19-35)42-27-36-12-6-8-14-40(36)48-41(42)23-20-38-29-52-30-44(38)48/h2-14,16-23,25-30H,15,24H2,1H3/q+1/b50-31+,53-45+,54-51-. The molecule has 4 nitrogen and oxygen atoms in total. The molecule has 0 radical (unpaired) electrons. The lowest BCUT2D eigenvalue weighted by molar-refractivity contribution is 0.669. The van der Waals surface area contributed by atoms with Crippen LogP contribution in [0.25, 0.3) is 71.1 Å². The highest BCUT2D eigenvalue weighted by Crippen LogP contribution is 2.39. The predicted molar refractivity (Wildman–Crippen MR) is 232 cm³/mol. The van der Waals surface area contributed by atoms with Crippen LogP contribution in [0, 0.1) is 0 Å². The lowest BCUT2D eigenvalue weighted by Gasteiger charge is -2.17. The van der Waals surface area contributed by atoms with Crippen molar-refractivity contribution >= 4 is 83.9 Å². The first kappa shape index (κ1) is 31.4. The van der Waals surface area contributed by atoms with E-state index < -0.39 is 0 Å². The molecule has 0 unspecified atom stereocenters. The summed E-state index contributed by atoms with van der Waals surface area (Å²) in [6, 6.07) is 53.9. The maximum atomic E-state index is 6.37. The zero-order chi connectivity index (χ0) is 36.5. The van der Waals surface area contributed by atoms with Gasteiger partial charge in [0.05, 0.1) is 22.5 Å². The van der Waals surface area contributed by atoms with Gasteiger partial charge >= 0.3 is 12.4 Å². The van der Waals surface area contributed by atoms with Crippen molar-refractivity contribution in [1.82, 2.24) is 4.67 Å². The number of furan rings is 1. The average Bonchev–Trinajstić information content (AvgIpc) is 3.88. The lowest BCUT2D eigenvalue weighted by atomic mass is 9.89. The second-order valence-electron chi connectivity index (χ2n) is 14.6. The van der Waals surface area contributed by atoms with E-state index in [1.165, 1.54) is 49.0 Å². The molecule has 0 aliphatic carbocycles. The summed E-state index contributed by atoms with van der Waals surface area (Å²) >= 11 is 0. The fourth-order valence-corrected chi connectivity index (χ4v) is 8.52. The van der Waals surface area contributed by atoms with Crippen LogP contribution in [0.15, 0.2) is 172 Å². The van der Waals surface area contributed by atoms with Gasteiger partial charge in [0.2, 0.25) is 0 Å². The molecular weight excluding hydrogens is 671 g/mol. The highest BCUT2D eigenvalue weighted by molar-refractivity contribution is 6.23.